The minimum atomic E-state index is -0.281. The van der Waals surface area contributed by atoms with Crippen LogP contribution < -0.4 is 5.32 Å². The molecule has 0 spiro atoms. The number of carbonyl (C=O) groups excluding carboxylic acids is 1. The molecular weight excluding hydrogens is 182 g/mol. The zero-order valence-electron chi connectivity index (χ0n) is 8.23. The van der Waals surface area contributed by atoms with Gasteiger partial charge in [-0.2, -0.15) is 0 Å². The van der Waals surface area contributed by atoms with Gasteiger partial charge in [-0.05, 0) is 11.6 Å². The number of rotatable bonds is 3. The molecule has 0 radical (unpaired) electrons. The SMILES string of the molecule is CON(C)C(=O)NCc1cccnc1. The summed E-state index contributed by atoms with van der Waals surface area (Å²) in [7, 11) is 2.97. The van der Waals surface area contributed by atoms with Crippen molar-refractivity contribution in [3.63, 3.8) is 0 Å². The molecule has 1 heterocycles. The standard InChI is InChI=1S/C9H13N3O2/c1-12(14-2)9(13)11-7-8-4-3-5-10-6-8/h3-6H,7H2,1-2H3,(H,11,13). The van der Waals surface area contributed by atoms with Gasteiger partial charge in [0.2, 0.25) is 0 Å². The highest BCUT2D eigenvalue weighted by atomic mass is 16.7. The number of nitrogens with one attached hydrogen (secondary N) is 1. The maximum Gasteiger partial charge on any atom is 0.341 e. The Morgan fingerprint density at radius 1 is 1.71 bits per heavy atom. The van der Waals surface area contributed by atoms with Gasteiger partial charge in [0.05, 0.1) is 7.11 Å². The van der Waals surface area contributed by atoms with Crippen molar-refractivity contribution in [2.75, 3.05) is 14.2 Å². The third-order valence-electron chi connectivity index (χ3n) is 1.73. The molecule has 14 heavy (non-hydrogen) atoms. The highest BCUT2D eigenvalue weighted by molar-refractivity contribution is 5.72. The zero-order chi connectivity index (χ0) is 10.4. The van der Waals surface area contributed by atoms with Crippen LogP contribution in [0, 0.1) is 0 Å². The highest BCUT2D eigenvalue weighted by Crippen LogP contribution is 1.95. The van der Waals surface area contributed by atoms with Gasteiger partial charge in [0.1, 0.15) is 0 Å². The number of nitrogens with zero attached hydrogens (tertiary/aromatic N) is 2. The maximum atomic E-state index is 11.2. The van der Waals surface area contributed by atoms with Gasteiger partial charge in [-0.3, -0.25) is 9.82 Å². The summed E-state index contributed by atoms with van der Waals surface area (Å²) >= 11 is 0. The summed E-state index contributed by atoms with van der Waals surface area (Å²) in [5, 5.41) is 3.79. The molecule has 1 rings (SSSR count). The molecule has 0 aliphatic rings. The Bertz CT molecular complexity index is 289. The van der Waals surface area contributed by atoms with Crippen LogP contribution in [0.1, 0.15) is 5.56 Å². The third kappa shape index (κ3) is 3.02. The van der Waals surface area contributed by atoms with Crippen molar-refractivity contribution < 1.29 is 9.63 Å². The van der Waals surface area contributed by atoms with Crippen molar-refractivity contribution in [1.82, 2.24) is 15.4 Å². The second-order valence-corrected chi connectivity index (χ2v) is 2.70. The van der Waals surface area contributed by atoms with E-state index in [1.165, 1.54) is 7.11 Å². The number of aromatic nitrogens is 1. The van der Waals surface area contributed by atoms with Crippen molar-refractivity contribution >= 4 is 6.03 Å². The largest absolute Gasteiger partial charge is 0.341 e. The zero-order valence-corrected chi connectivity index (χ0v) is 8.23. The fourth-order valence-electron chi connectivity index (χ4n) is 0.875. The van der Waals surface area contributed by atoms with Crippen molar-refractivity contribution in [2.45, 2.75) is 6.54 Å². The molecule has 5 heteroatoms. The van der Waals surface area contributed by atoms with Crippen LogP contribution in [-0.2, 0) is 11.4 Å². The summed E-state index contributed by atoms with van der Waals surface area (Å²) in [6, 6.07) is 3.43. The fourth-order valence-corrected chi connectivity index (χ4v) is 0.875. The molecule has 0 atom stereocenters. The average Bonchev–Trinajstić information content (AvgIpc) is 2.26. The minimum Gasteiger partial charge on any atom is -0.332 e. The van der Waals surface area contributed by atoms with Crippen LogP contribution in [0.3, 0.4) is 0 Å². The second-order valence-electron chi connectivity index (χ2n) is 2.70. The molecule has 1 N–H and O–H groups in total. The van der Waals surface area contributed by atoms with E-state index in [2.05, 4.69) is 10.3 Å². The lowest BCUT2D eigenvalue weighted by Crippen LogP contribution is -2.35. The number of hydroxylamine groups is 2. The number of hydrogen-bond acceptors (Lipinski definition) is 3. The van der Waals surface area contributed by atoms with E-state index in [0.29, 0.717) is 6.54 Å². The van der Waals surface area contributed by atoms with Crippen LogP contribution in [0.4, 0.5) is 4.79 Å². The van der Waals surface area contributed by atoms with Crippen LogP contribution in [0.2, 0.25) is 0 Å². The molecule has 0 aliphatic carbocycles. The van der Waals surface area contributed by atoms with Crippen LogP contribution in [0.5, 0.6) is 0 Å². The maximum absolute atomic E-state index is 11.2. The first kappa shape index (κ1) is 10.5. The van der Waals surface area contributed by atoms with Crippen molar-refractivity contribution in [2.24, 2.45) is 0 Å². The summed E-state index contributed by atoms with van der Waals surface area (Å²) in [5.74, 6) is 0. The molecule has 0 saturated heterocycles. The Balaban J connectivity index is 2.38. The van der Waals surface area contributed by atoms with Crippen molar-refractivity contribution in [1.29, 1.82) is 0 Å². The molecule has 2 amide bonds. The first-order chi connectivity index (χ1) is 6.74. The smallest absolute Gasteiger partial charge is 0.332 e. The summed E-state index contributed by atoms with van der Waals surface area (Å²) in [6.45, 7) is 0.445. The predicted octanol–water partition coefficient (Wildman–Crippen LogP) is 0.784. The Hall–Kier alpha value is -1.62. The Morgan fingerprint density at radius 3 is 3.07 bits per heavy atom. The van der Waals surface area contributed by atoms with Gasteiger partial charge in [0.25, 0.3) is 0 Å². The fraction of sp³-hybridized carbons (Fsp3) is 0.333. The molecular formula is C9H13N3O2. The topological polar surface area (TPSA) is 54.5 Å². The van der Waals surface area contributed by atoms with Crippen LogP contribution in [0.15, 0.2) is 24.5 Å². The van der Waals surface area contributed by atoms with E-state index in [0.717, 1.165) is 10.6 Å². The lowest BCUT2D eigenvalue weighted by atomic mass is 10.3. The average molecular weight is 195 g/mol. The Morgan fingerprint density at radius 2 is 2.50 bits per heavy atom. The molecule has 1 aromatic heterocycles. The second kappa shape index (κ2) is 5.18. The monoisotopic (exact) mass is 195 g/mol. The van der Waals surface area contributed by atoms with Gasteiger partial charge in [-0.15, -0.1) is 0 Å². The summed E-state index contributed by atoms with van der Waals surface area (Å²) in [6.07, 6.45) is 3.39. The first-order valence-corrected chi connectivity index (χ1v) is 4.18. The van der Waals surface area contributed by atoms with Gasteiger partial charge in [0, 0.05) is 26.0 Å². The van der Waals surface area contributed by atoms with E-state index in [9.17, 15) is 4.79 Å². The molecule has 0 fully saturated rings. The summed E-state index contributed by atoms with van der Waals surface area (Å²) in [4.78, 5) is 19.9. The normalized spacial score (nSPS) is 9.57. The van der Waals surface area contributed by atoms with Crippen molar-refractivity contribution in [3.05, 3.63) is 30.1 Å². The lowest BCUT2D eigenvalue weighted by molar-refractivity contribution is -0.0648. The van der Waals surface area contributed by atoms with Gasteiger partial charge < -0.3 is 5.32 Å². The molecule has 0 saturated carbocycles. The van der Waals surface area contributed by atoms with Crippen LogP contribution in [-0.4, -0.2) is 30.2 Å². The van der Waals surface area contributed by atoms with E-state index in [4.69, 9.17) is 4.84 Å². The Kier molecular flexibility index (Phi) is 3.87. The quantitative estimate of drug-likeness (QED) is 0.725. The number of amides is 2. The highest BCUT2D eigenvalue weighted by Gasteiger charge is 2.05. The molecule has 0 aromatic carbocycles. The molecule has 0 unspecified atom stereocenters. The van der Waals surface area contributed by atoms with Crippen LogP contribution in [0.25, 0.3) is 0 Å². The van der Waals surface area contributed by atoms with E-state index in [-0.39, 0.29) is 6.03 Å². The number of carbonyl (C=O) groups is 1. The van der Waals surface area contributed by atoms with E-state index < -0.39 is 0 Å². The van der Waals surface area contributed by atoms with Gasteiger partial charge >= 0.3 is 6.03 Å². The molecule has 5 nitrogen and oxygen atoms in total. The number of pyridine rings is 1. The molecule has 0 bridgehead atoms. The van der Waals surface area contributed by atoms with Gasteiger partial charge in [0.15, 0.2) is 0 Å². The molecule has 1 aromatic rings. The lowest BCUT2D eigenvalue weighted by Gasteiger charge is -2.14. The minimum absolute atomic E-state index is 0.281. The number of urea groups is 1. The van der Waals surface area contributed by atoms with E-state index in [1.54, 1.807) is 19.4 Å². The molecule has 0 aliphatic heterocycles. The predicted molar refractivity (Wildman–Crippen MR) is 51.2 cm³/mol. The number of hydrogen-bond donors (Lipinski definition) is 1. The Labute approximate surface area is 82.6 Å². The molecule has 76 valence electrons. The summed E-state index contributed by atoms with van der Waals surface area (Å²) < 4.78 is 0. The van der Waals surface area contributed by atoms with Gasteiger partial charge in [-0.1, -0.05) is 6.07 Å². The van der Waals surface area contributed by atoms with E-state index >= 15 is 0 Å². The van der Waals surface area contributed by atoms with Crippen molar-refractivity contribution in [3.8, 4) is 0 Å². The van der Waals surface area contributed by atoms with E-state index in [1.807, 2.05) is 12.1 Å². The summed E-state index contributed by atoms with van der Waals surface area (Å²) in [5.41, 5.74) is 0.949. The first-order valence-electron chi connectivity index (χ1n) is 4.18. The third-order valence-corrected chi connectivity index (χ3v) is 1.73. The van der Waals surface area contributed by atoms with Gasteiger partial charge in [-0.25, -0.2) is 9.86 Å². The van der Waals surface area contributed by atoms with Crippen LogP contribution >= 0.6 is 0 Å².